The number of rotatable bonds is 5. The third-order valence-electron chi connectivity index (χ3n) is 4.84. The summed E-state index contributed by atoms with van der Waals surface area (Å²) in [7, 11) is 1.70. The van der Waals surface area contributed by atoms with Crippen LogP contribution in [-0.2, 0) is 13.1 Å². The molecule has 0 spiro atoms. The van der Waals surface area contributed by atoms with E-state index in [0.717, 1.165) is 16.8 Å². The summed E-state index contributed by atoms with van der Waals surface area (Å²) in [6.07, 6.45) is 2.36. The van der Waals surface area contributed by atoms with Crippen LogP contribution >= 0.6 is 0 Å². The van der Waals surface area contributed by atoms with E-state index >= 15 is 0 Å². The number of aliphatic hydroxyl groups excluding tert-OH is 1. The van der Waals surface area contributed by atoms with Crippen molar-refractivity contribution in [2.75, 3.05) is 12.4 Å². The molecule has 0 fully saturated rings. The molecule has 0 bridgehead atoms. The van der Waals surface area contributed by atoms with Crippen molar-refractivity contribution in [2.45, 2.75) is 19.2 Å². The average molecular weight is 376 g/mol. The Morgan fingerprint density at radius 2 is 2.04 bits per heavy atom. The van der Waals surface area contributed by atoms with Crippen LogP contribution < -0.4 is 5.32 Å². The number of nitrogens with one attached hydrogen (secondary N) is 1. The average Bonchev–Trinajstić information content (AvgIpc) is 3.16. The Labute approximate surface area is 162 Å². The van der Waals surface area contributed by atoms with Crippen molar-refractivity contribution in [1.82, 2.24) is 14.5 Å². The van der Waals surface area contributed by atoms with E-state index in [1.165, 1.54) is 0 Å². The van der Waals surface area contributed by atoms with Crippen molar-refractivity contribution in [2.24, 2.45) is 0 Å². The molecule has 3 aromatic rings. The molecule has 0 saturated heterocycles. The highest BCUT2D eigenvalue weighted by atomic mass is 16.3. The molecule has 1 aromatic heterocycles. The first-order chi connectivity index (χ1) is 13.5. The maximum Gasteiger partial charge on any atom is 0.321 e. The molecule has 2 N–H and O–H groups in total. The van der Waals surface area contributed by atoms with Crippen LogP contribution in [0.4, 0.5) is 10.5 Å². The molecule has 0 aliphatic carbocycles. The monoisotopic (exact) mass is 376 g/mol. The minimum absolute atomic E-state index is 0.0697. The molecule has 7 nitrogen and oxygen atoms in total. The van der Waals surface area contributed by atoms with Crippen molar-refractivity contribution in [1.29, 1.82) is 0 Å². The molecule has 1 aliphatic heterocycles. The summed E-state index contributed by atoms with van der Waals surface area (Å²) < 4.78 is 1.66. The van der Waals surface area contributed by atoms with Gasteiger partial charge in [0.1, 0.15) is 11.9 Å². The van der Waals surface area contributed by atoms with Gasteiger partial charge in [-0.05, 0) is 29.3 Å². The second-order valence-corrected chi connectivity index (χ2v) is 6.81. The molecule has 0 radical (unpaired) electrons. The van der Waals surface area contributed by atoms with E-state index in [1.54, 1.807) is 47.1 Å². The van der Waals surface area contributed by atoms with Gasteiger partial charge in [0, 0.05) is 37.2 Å². The predicted octanol–water partition coefficient (Wildman–Crippen LogP) is 2.83. The minimum Gasteiger partial charge on any atom is -0.380 e. The summed E-state index contributed by atoms with van der Waals surface area (Å²) >= 11 is 0. The van der Waals surface area contributed by atoms with Gasteiger partial charge in [0.25, 0.3) is 0 Å². The first-order valence-electron chi connectivity index (χ1n) is 8.95. The largest absolute Gasteiger partial charge is 0.380 e. The van der Waals surface area contributed by atoms with Gasteiger partial charge >= 0.3 is 6.03 Å². The van der Waals surface area contributed by atoms with Gasteiger partial charge in [-0.15, -0.1) is 0 Å². The molecule has 28 heavy (non-hydrogen) atoms. The van der Waals surface area contributed by atoms with Crippen LogP contribution in [0.25, 0.3) is 0 Å². The van der Waals surface area contributed by atoms with Crippen molar-refractivity contribution in [3.8, 4) is 0 Å². The molecule has 1 unspecified atom stereocenters. The van der Waals surface area contributed by atoms with Crippen LogP contribution in [0.3, 0.4) is 0 Å². The lowest BCUT2D eigenvalue weighted by molar-refractivity contribution is 0.0967. The lowest BCUT2D eigenvalue weighted by Crippen LogP contribution is -2.35. The van der Waals surface area contributed by atoms with E-state index in [9.17, 15) is 14.7 Å². The number of imidazole rings is 1. The zero-order chi connectivity index (χ0) is 19.7. The van der Waals surface area contributed by atoms with Gasteiger partial charge in [-0.25, -0.2) is 9.78 Å². The van der Waals surface area contributed by atoms with Crippen molar-refractivity contribution >= 4 is 17.5 Å². The fraction of sp³-hybridized carbons (Fsp3) is 0.190. The van der Waals surface area contributed by atoms with E-state index < -0.39 is 6.10 Å². The summed E-state index contributed by atoms with van der Waals surface area (Å²) in [4.78, 5) is 30.3. The normalized spacial score (nSPS) is 14.4. The van der Waals surface area contributed by atoms with Gasteiger partial charge in [0.05, 0.1) is 6.54 Å². The highest BCUT2D eigenvalue weighted by molar-refractivity contribution is 5.98. The SMILES string of the molecule is CN1Cc2cc(C(=O)Cn3ccnc3C(O)c3ccccc3)ccc2NC1=O. The zero-order valence-electron chi connectivity index (χ0n) is 15.4. The maximum absolute atomic E-state index is 12.8. The number of carbonyl (C=O) groups excluding carboxylic acids is 2. The molecular weight excluding hydrogens is 356 g/mol. The first-order valence-corrected chi connectivity index (χ1v) is 8.95. The van der Waals surface area contributed by atoms with Crippen LogP contribution in [0.2, 0.25) is 0 Å². The Kier molecular flexibility index (Phi) is 4.67. The fourth-order valence-corrected chi connectivity index (χ4v) is 3.29. The number of benzene rings is 2. The zero-order valence-corrected chi connectivity index (χ0v) is 15.4. The number of nitrogens with zero attached hydrogens (tertiary/aromatic N) is 3. The molecule has 2 aromatic carbocycles. The summed E-state index contributed by atoms with van der Waals surface area (Å²) in [6.45, 7) is 0.519. The van der Waals surface area contributed by atoms with E-state index in [0.29, 0.717) is 17.9 Å². The quantitative estimate of drug-likeness (QED) is 0.671. The van der Waals surface area contributed by atoms with Gasteiger partial charge in [-0.3, -0.25) is 4.79 Å². The second kappa shape index (κ2) is 7.28. The molecule has 0 saturated carbocycles. The highest BCUT2D eigenvalue weighted by Crippen LogP contribution is 2.25. The molecule has 1 atom stereocenters. The number of carbonyl (C=O) groups is 2. The van der Waals surface area contributed by atoms with Crippen LogP contribution in [0.5, 0.6) is 0 Å². The second-order valence-electron chi connectivity index (χ2n) is 6.81. The van der Waals surface area contributed by atoms with Crippen molar-refractivity contribution < 1.29 is 14.7 Å². The topological polar surface area (TPSA) is 87.5 Å². The summed E-state index contributed by atoms with van der Waals surface area (Å²) in [5, 5.41) is 13.4. The summed E-state index contributed by atoms with van der Waals surface area (Å²) in [5.74, 6) is 0.325. The minimum atomic E-state index is -0.906. The number of urea groups is 1. The summed E-state index contributed by atoms with van der Waals surface area (Å²) in [5.41, 5.74) is 2.89. The number of fused-ring (bicyclic) bond motifs is 1. The third kappa shape index (κ3) is 3.39. The Hall–Kier alpha value is -3.45. The van der Waals surface area contributed by atoms with Crippen LogP contribution in [0.1, 0.15) is 33.4 Å². The molecule has 142 valence electrons. The van der Waals surface area contributed by atoms with Crippen molar-refractivity contribution in [3.63, 3.8) is 0 Å². The standard InChI is InChI=1S/C21H20N4O3/c1-24-12-16-11-15(7-8-17(16)23-21(24)28)18(26)13-25-10-9-22-20(25)19(27)14-5-3-2-4-6-14/h2-11,19,27H,12-13H2,1H3,(H,23,28). The van der Waals surface area contributed by atoms with Gasteiger partial charge < -0.3 is 19.9 Å². The smallest absolute Gasteiger partial charge is 0.321 e. The van der Waals surface area contributed by atoms with Gasteiger partial charge in [-0.2, -0.15) is 0 Å². The maximum atomic E-state index is 12.8. The fourth-order valence-electron chi connectivity index (χ4n) is 3.29. The lowest BCUT2D eigenvalue weighted by atomic mass is 10.0. The number of ketones is 1. The molecule has 7 heteroatoms. The number of anilines is 1. The van der Waals surface area contributed by atoms with Crippen molar-refractivity contribution in [3.05, 3.63) is 83.4 Å². The molecule has 2 amide bonds. The number of amides is 2. The van der Waals surface area contributed by atoms with Crippen LogP contribution in [-0.4, -0.2) is 38.4 Å². The molecular formula is C21H20N4O3. The van der Waals surface area contributed by atoms with Gasteiger partial charge in [0.15, 0.2) is 5.78 Å². The molecule has 4 rings (SSSR count). The van der Waals surface area contributed by atoms with E-state index in [1.807, 2.05) is 30.3 Å². The Morgan fingerprint density at radius 1 is 1.25 bits per heavy atom. The Morgan fingerprint density at radius 3 is 2.82 bits per heavy atom. The number of hydrogen-bond acceptors (Lipinski definition) is 4. The van der Waals surface area contributed by atoms with E-state index in [-0.39, 0.29) is 18.4 Å². The Bertz CT molecular complexity index is 1030. The highest BCUT2D eigenvalue weighted by Gasteiger charge is 2.22. The Balaban J connectivity index is 1.55. The number of hydrogen-bond donors (Lipinski definition) is 2. The van der Waals surface area contributed by atoms with Gasteiger partial charge in [-0.1, -0.05) is 30.3 Å². The van der Waals surface area contributed by atoms with Crippen LogP contribution in [0.15, 0.2) is 60.9 Å². The van der Waals surface area contributed by atoms with Gasteiger partial charge in [0.2, 0.25) is 0 Å². The first kappa shape index (κ1) is 17.9. The number of aliphatic hydroxyl groups is 1. The lowest BCUT2D eigenvalue weighted by Gasteiger charge is -2.26. The number of Topliss-reactive ketones (excluding diaryl/α,β-unsaturated/α-hetero) is 1. The van der Waals surface area contributed by atoms with E-state index in [2.05, 4.69) is 10.3 Å². The predicted molar refractivity (Wildman–Crippen MR) is 104 cm³/mol. The third-order valence-corrected chi connectivity index (χ3v) is 4.84. The van der Waals surface area contributed by atoms with E-state index in [4.69, 9.17) is 0 Å². The number of aromatic nitrogens is 2. The van der Waals surface area contributed by atoms with Crippen LogP contribution in [0, 0.1) is 0 Å². The molecule has 2 heterocycles. The summed E-state index contributed by atoms with van der Waals surface area (Å²) in [6, 6.07) is 14.3. The molecule has 1 aliphatic rings.